The Morgan fingerprint density at radius 3 is 2.45 bits per heavy atom. The smallest absolute Gasteiger partial charge is 0.251 e. The van der Waals surface area contributed by atoms with Gasteiger partial charge < -0.3 is 5.32 Å². The maximum absolute atomic E-state index is 10.8. The predicted molar refractivity (Wildman–Crippen MR) is 52.9 cm³/mol. The average Bonchev–Trinajstić information content (AvgIpc) is 2.04. The summed E-state index contributed by atoms with van der Waals surface area (Å²) >= 11 is 1.88. The molecule has 0 aliphatic carbocycles. The Balaban J connectivity index is 2.75. The van der Waals surface area contributed by atoms with Crippen molar-refractivity contribution in [2.75, 3.05) is 11.9 Å². The highest BCUT2D eigenvalue weighted by atomic mass is 127. The summed E-state index contributed by atoms with van der Waals surface area (Å²) in [6.45, 7) is 2.76. The van der Waals surface area contributed by atoms with Gasteiger partial charge in [-0.2, -0.15) is 0 Å². The molecule has 0 fully saturated rings. The van der Waals surface area contributed by atoms with Crippen molar-refractivity contribution < 1.29 is 0 Å². The quantitative estimate of drug-likeness (QED) is 0.646. The monoisotopic (exact) mass is 265 g/mol. The minimum atomic E-state index is -0.372. The molecule has 0 amide bonds. The highest BCUT2D eigenvalue weighted by Crippen LogP contribution is 2.09. The van der Waals surface area contributed by atoms with Crippen molar-refractivity contribution >= 4 is 28.3 Å². The van der Waals surface area contributed by atoms with Gasteiger partial charge in [0.15, 0.2) is 0 Å². The SMILES string of the molecule is CCCNc1c(I)c(=O)c1=O. The van der Waals surface area contributed by atoms with Gasteiger partial charge >= 0.3 is 0 Å². The molecule has 1 aromatic carbocycles. The van der Waals surface area contributed by atoms with Crippen molar-refractivity contribution in [2.45, 2.75) is 13.3 Å². The molecule has 0 atom stereocenters. The number of halogens is 1. The molecule has 0 aromatic heterocycles. The third-order valence-corrected chi connectivity index (χ3v) is 2.43. The summed E-state index contributed by atoms with van der Waals surface area (Å²) in [5.41, 5.74) is -0.232. The molecule has 0 spiro atoms. The molecule has 60 valence electrons. The van der Waals surface area contributed by atoms with Crippen LogP contribution in [0.25, 0.3) is 0 Å². The lowest BCUT2D eigenvalue weighted by molar-refractivity contribution is 0.971. The van der Waals surface area contributed by atoms with E-state index in [1.165, 1.54) is 0 Å². The van der Waals surface area contributed by atoms with E-state index in [0.29, 0.717) is 9.26 Å². The van der Waals surface area contributed by atoms with Crippen LogP contribution in [0.5, 0.6) is 0 Å². The fraction of sp³-hybridized carbons (Fsp3) is 0.429. The van der Waals surface area contributed by atoms with Crippen LogP contribution in [0.3, 0.4) is 0 Å². The van der Waals surface area contributed by atoms with Gasteiger partial charge in [-0.05, 0) is 29.0 Å². The van der Waals surface area contributed by atoms with Crippen LogP contribution >= 0.6 is 22.6 Å². The Hall–Kier alpha value is -0.390. The second kappa shape index (κ2) is 3.34. The normalized spacial score (nSPS) is 10.4. The Bertz CT molecular complexity index is 325. The first kappa shape index (κ1) is 8.70. The molecule has 0 aliphatic rings. The first-order valence-corrected chi connectivity index (χ1v) is 4.49. The summed E-state index contributed by atoms with van der Waals surface area (Å²) in [7, 11) is 0. The van der Waals surface area contributed by atoms with E-state index in [1.807, 2.05) is 29.5 Å². The first-order chi connectivity index (χ1) is 5.18. The van der Waals surface area contributed by atoms with Crippen LogP contribution in [-0.4, -0.2) is 6.54 Å². The first-order valence-electron chi connectivity index (χ1n) is 3.41. The van der Waals surface area contributed by atoms with Gasteiger partial charge in [-0.25, -0.2) is 0 Å². The predicted octanol–water partition coefficient (Wildman–Crippen LogP) is 0.709. The molecule has 1 aromatic rings. The third kappa shape index (κ3) is 1.45. The van der Waals surface area contributed by atoms with E-state index < -0.39 is 0 Å². The standard InChI is InChI=1S/C7H8INO2/c1-2-3-9-5-4(8)6(10)7(5)11/h9H,2-3H2,1H3. The van der Waals surface area contributed by atoms with E-state index in [4.69, 9.17) is 0 Å². The topological polar surface area (TPSA) is 46.2 Å². The zero-order valence-electron chi connectivity index (χ0n) is 6.11. The van der Waals surface area contributed by atoms with Gasteiger partial charge in [0.1, 0.15) is 5.69 Å². The van der Waals surface area contributed by atoms with Crippen molar-refractivity contribution in [1.29, 1.82) is 0 Å². The van der Waals surface area contributed by atoms with E-state index in [1.54, 1.807) is 0 Å². The van der Waals surface area contributed by atoms with Crippen LogP contribution < -0.4 is 16.2 Å². The van der Waals surface area contributed by atoms with E-state index in [-0.39, 0.29) is 10.9 Å². The van der Waals surface area contributed by atoms with Gasteiger partial charge in [-0.1, -0.05) is 6.92 Å². The maximum Gasteiger partial charge on any atom is 0.251 e. The molecule has 11 heavy (non-hydrogen) atoms. The second-order valence-electron chi connectivity index (χ2n) is 2.27. The molecule has 0 saturated carbocycles. The lowest BCUT2D eigenvalue weighted by Crippen LogP contribution is -2.37. The number of hydrogen-bond acceptors (Lipinski definition) is 3. The summed E-state index contributed by atoms with van der Waals surface area (Å²) in [6, 6.07) is 0. The van der Waals surface area contributed by atoms with Crippen molar-refractivity contribution in [1.82, 2.24) is 0 Å². The Morgan fingerprint density at radius 1 is 1.36 bits per heavy atom. The third-order valence-electron chi connectivity index (χ3n) is 1.40. The summed E-state index contributed by atoms with van der Waals surface area (Å²) in [5, 5.41) is 2.90. The molecule has 0 unspecified atom stereocenters. The van der Waals surface area contributed by atoms with E-state index in [0.717, 1.165) is 13.0 Å². The van der Waals surface area contributed by atoms with Gasteiger partial charge in [-0.3, -0.25) is 9.59 Å². The summed E-state index contributed by atoms with van der Waals surface area (Å²) in [6.07, 6.45) is 0.953. The van der Waals surface area contributed by atoms with Crippen LogP contribution in [0.2, 0.25) is 0 Å². The van der Waals surface area contributed by atoms with Crippen LogP contribution in [0.4, 0.5) is 5.69 Å². The van der Waals surface area contributed by atoms with Gasteiger partial charge in [0.2, 0.25) is 5.43 Å². The second-order valence-corrected chi connectivity index (χ2v) is 3.35. The number of anilines is 1. The van der Waals surface area contributed by atoms with Crippen LogP contribution in [0.15, 0.2) is 9.59 Å². The van der Waals surface area contributed by atoms with Gasteiger partial charge in [-0.15, -0.1) is 0 Å². The minimum absolute atomic E-state index is 0.357. The lowest BCUT2D eigenvalue weighted by atomic mass is 10.2. The number of rotatable bonds is 3. The zero-order valence-corrected chi connectivity index (χ0v) is 8.27. The molecular weight excluding hydrogens is 257 g/mol. The lowest BCUT2D eigenvalue weighted by Gasteiger charge is -2.06. The zero-order chi connectivity index (χ0) is 8.43. The van der Waals surface area contributed by atoms with E-state index >= 15 is 0 Å². The fourth-order valence-corrected chi connectivity index (χ4v) is 1.45. The Morgan fingerprint density at radius 2 is 2.00 bits per heavy atom. The molecule has 0 radical (unpaired) electrons. The molecule has 4 heteroatoms. The van der Waals surface area contributed by atoms with Crippen LogP contribution in [0.1, 0.15) is 13.3 Å². The summed E-state index contributed by atoms with van der Waals surface area (Å²) < 4.78 is 0.543. The van der Waals surface area contributed by atoms with E-state index in [9.17, 15) is 9.59 Å². The Labute approximate surface area is 77.6 Å². The average molecular weight is 265 g/mol. The molecule has 1 rings (SSSR count). The largest absolute Gasteiger partial charge is 0.381 e. The Kier molecular flexibility index (Phi) is 2.64. The van der Waals surface area contributed by atoms with Crippen molar-refractivity contribution in [3.63, 3.8) is 0 Å². The minimum Gasteiger partial charge on any atom is -0.381 e. The van der Waals surface area contributed by atoms with Gasteiger partial charge in [0.25, 0.3) is 5.43 Å². The summed E-state index contributed by atoms with van der Waals surface area (Å²) in [4.78, 5) is 21.5. The molecule has 0 heterocycles. The molecule has 0 aliphatic heterocycles. The van der Waals surface area contributed by atoms with Crippen molar-refractivity contribution in [3.05, 3.63) is 24.0 Å². The van der Waals surface area contributed by atoms with Gasteiger partial charge in [0.05, 0.1) is 3.57 Å². The maximum atomic E-state index is 10.8. The molecule has 0 bridgehead atoms. The highest BCUT2D eigenvalue weighted by Gasteiger charge is 2.16. The van der Waals surface area contributed by atoms with E-state index in [2.05, 4.69) is 5.32 Å². The van der Waals surface area contributed by atoms with Crippen molar-refractivity contribution in [2.24, 2.45) is 0 Å². The van der Waals surface area contributed by atoms with Gasteiger partial charge in [0, 0.05) is 6.54 Å². The number of nitrogens with one attached hydrogen (secondary N) is 1. The van der Waals surface area contributed by atoms with Crippen LogP contribution in [0, 0.1) is 3.57 Å². The highest BCUT2D eigenvalue weighted by molar-refractivity contribution is 14.1. The molecule has 1 N–H and O–H groups in total. The van der Waals surface area contributed by atoms with Crippen molar-refractivity contribution in [3.8, 4) is 0 Å². The fourth-order valence-electron chi connectivity index (χ4n) is 0.772. The molecular formula is C7H8INO2. The van der Waals surface area contributed by atoms with Crippen LogP contribution in [-0.2, 0) is 0 Å². The summed E-state index contributed by atoms with van der Waals surface area (Å²) in [5.74, 6) is 0. The number of hydrogen-bond donors (Lipinski definition) is 1. The molecule has 0 saturated heterocycles. The molecule has 3 nitrogen and oxygen atoms in total.